The molecule has 1 N–H and O–H groups in total. The second-order valence-corrected chi connectivity index (χ2v) is 4.33. The minimum absolute atomic E-state index is 0.0212. The Balaban J connectivity index is 3.08. The average Bonchev–Trinajstić information content (AvgIpc) is 2.39. The van der Waals surface area contributed by atoms with Gasteiger partial charge < -0.3 is 14.7 Å². The van der Waals surface area contributed by atoms with Crippen LogP contribution in [0.1, 0.15) is 37.6 Å². The lowest BCUT2D eigenvalue weighted by atomic mass is 10.1. The molecule has 0 aliphatic heterocycles. The third-order valence-corrected chi connectivity index (χ3v) is 2.90. The number of hydrogen-bond donors (Lipinski definition) is 1. The van der Waals surface area contributed by atoms with E-state index in [0.29, 0.717) is 17.9 Å². The maximum absolute atomic E-state index is 11.9. The second kappa shape index (κ2) is 7.47. The van der Waals surface area contributed by atoms with Gasteiger partial charge in [0.05, 0.1) is 13.0 Å². The van der Waals surface area contributed by atoms with Gasteiger partial charge in [-0.25, -0.2) is 9.78 Å². The van der Waals surface area contributed by atoms with Crippen LogP contribution < -0.4 is 4.90 Å². The summed E-state index contributed by atoms with van der Waals surface area (Å²) in [6.45, 7) is 6.25. The van der Waals surface area contributed by atoms with Gasteiger partial charge in [-0.15, -0.1) is 0 Å². The summed E-state index contributed by atoms with van der Waals surface area (Å²) < 4.78 is 5.00. The first-order valence-electron chi connectivity index (χ1n) is 6.61. The predicted molar refractivity (Wildman–Crippen MR) is 74.9 cm³/mol. The minimum atomic E-state index is -0.885. The van der Waals surface area contributed by atoms with Gasteiger partial charge in [0.15, 0.2) is 0 Å². The maximum Gasteiger partial charge on any atom is 0.341 e. The summed E-state index contributed by atoms with van der Waals surface area (Å²) in [7, 11) is 0. The van der Waals surface area contributed by atoms with Crippen LogP contribution >= 0.6 is 0 Å². The number of rotatable bonds is 7. The van der Waals surface area contributed by atoms with E-state index in [1.54, 1.807) is 37.1 Å². The molecule has 0 aliphatic rings. The van der Waals surface area contributed by atoms with Gasteiger partial charge in [0, 0.05) is 18.8 Å². The molecule has 0 bridgehead atoms. The van der Waals surface area contributed by atoms with Crippen LogP contribution in [0.5, 0.6) is 0 Å². The van der Waals surface area contributed by atoms with Crippen molar-refractivity contribution in [2.24, 2.45) is 0 Å². The van der Waals surface area contributed by atoms with Crippen molar-refractivity contribution < 1.29 is 19.4 Å². The molecule has 1 aromatic rings. The van der Waals surface area contributed by atoms with Gasteiger partial charge in [-0.05, 0) is 32.9 Å². The number of hydrogen-bond acceptors (Lipinski definition) is 5. The van der Waals surface area contributed by atoms with E-state index in [-0.39, 0.29) is 19.1 Å². The van der Waals surface area contributed by atoms with E-state index in [4.69, 9.17) is 9.84 Å². The molecule has 1 rings (SSSR count). The Kier molecular flexibility index (Phi) is 5.96. The Morgan fingerprint density at radius 3 is 2.70 bits per heavy atom. The zero-order chi connectivity index (χ0) is 15.1. The summed E-state index contributed by atoms with van der Waals surface area (Å²) in [4.78, 5) is 28.8. The van der Waals surface area contributed by atoms with Crippen molar-refractivity contribution in [3.63, 3.8) is 0 Å². The predicted octanol–water partition coefficient (Wildman–Crippen LogP) is 1.95. The summed E-state index contributed by atoms with van der Waals surface area (Å²) in [5.74, 6) is -0.872. The van der Waals surface area contributed by atoms with Crippen molar-refractivity contribution in [1.29, 1.82) is 0 Å². The highest BCUT2D eigenvalue weighted by molar-refractivity contribution is 5.94. The summed E-state index contributed by atoms with van der Waals surface area (Å²) in [6, 6.07) is 3.03. The number of esters is 1. The summed E-state index contributed by atoms with van der Waals surface area (Å²) >= 11 is 0. The standard InChI is InChI=1S/C14H20N2O4/c1-4-16(10(3)9-12(17)18)13-11(7-6-8-15-13)14(19)20-5-2/h6-8,10H,4-5,9H2,1-3H3,(H,17,18). The summed E-state index contributed by atoms with van der Waals surface area (Å²) in [5.41, 5.74) is 0.355. The SMILES string of the molecule is CCOC(=O)c1cccnc1N(CC)C(C)CC(=O)O. The third-order valence-electron chi connectivity index (χ3n) is 2.90. The van der Waals surface area contributed by atoms with Crippen LogP contribution in [0.25, 0.3) is 0 Å². The molecular weight excluding hydrogens is 260 g/mol. The van der Waals surface area contributed by atoms with E-state index in [1.807, 2.05) is 6.92 Å². The Hall–Kier alpha value is -2.11. The van der Waals surface area contributed by atoms with Gasteiger partial charge in [-0.1, -0.05) is 0 Å². The first-order valence-corrected chi connectivity index (χ1v) is 6.61. The van der Waals surface area contributed by atoms with Crippen LogP contribution in [-0.2, 0) is 9.53 Å². The van der Waals surface area contributed by atoms with Crippen molar-refractivity contribution >= 4 is 17.8 Å². The van der Waals surface area contributed by atoms with Crippen LogP contribution in [0.2, 0.25) is 0 Å². The highest BCUT2D eigenvalue weighted by atomic mass is 16.5. The second-order valence-electron chi connectivity index (χ2n) is 4.33. The van der Waals surface area contributed by atoms with E-state index in [1.165, 1.54) is 0 Å². The van der Waals surface area contributed by atoms with Crippen molar-refractivity contribution in [2.45, 2.75) is 33.2 Å². The minimum Gasteiger partial charge on any atom is -0.481 e. The van der Waals surface area contributed by atoms with E-state index >= 15 is 0 Å². The molecule has 1 heterocycles. The van der Waals surface area contributed by atoms with Crippen LogP contribution in [0.4, 0.5) is 5.82 Å². The number of ether oxygens (including phenoxy) is 1. The number of carboxylic acids is 1. The summed E-state index contributed by atoms with van der Waals surface area (Å²) in [5, 5.41) is 8.90. The molecule has 0 aromatic carbocycles. The van der Waals surface area contributed by atoms with Crippen LogP contribution in [0.15, 0.2) is 18.3 Å². The molecular formula is C14H20N2O4. The molecule has 0 fully saturated rings. The highest BCUT2D eigenvalue weighted by Gasteiger charge is 2.22. The largest absolute Gasteiger partial charge is 0.481 e. The van der Waals surface area contributed by atoms with Gasteiger partial charge in [-0.3, -0.25) is 4.79 Å². The fourth-order valence-corrected chi connectivity index (χ4v) is 2.03. The van der Waals surface area contributed by atoms with Crippen molar-refractivity contribution in [3.8, 4) is 0 Å². The molecule has 0 saturated carbocycles. The fraction of sp³-hybridized carbons (Fsp3) is 0.500. The average molecular weight is 280 g/mol. The van der Waals surface area contributed by atoms with E-state index < -0.39 is 11.9 Å². The first-order chi connectivity index (χ1) is 9.51. The monoisotopic (exact) mass is 280 g/mol. The van der Waals surface area contributed by atoms with Crippen LogP contribution in [-0.4, -0.2) is 41.2 Å². The molecule has 20 heavy (non-hydrogen) atoms. The lowest BCUT2D eigenvalue weighted by Gasteiger charge is -2.29. The first kappa shape index (κ1) is 15.9. The van der Waals surface area contributed by atoms with Gasteiger partial charge in [-0.2, -0.15) is 0 Å². The molecule has 1 aromatic heterocycles. The van der Waals surface area contributed by atoms with Gasteiger partial charge in [0.1, 0.15) is 11.4 Å². The summed E-state index contributed by atoms with van der Waals surface area (Å²) in [6.07, 6.45) is 1.56. The zero-order valence-electron chi connectivity index (χ0n) is 12.0. The number of carbonyl (C=O) groups excluding carboxylic acids is 1. The Labute approximate surface area is 118 Å². The molecule has 1 unspecified atom stereocenters. The highest BCUT2D eigenvalue weighted by Crippen LogP contribution is 2.21. The van der Waals surface area contributed by atoms with Gasteiger partial charge >= 0.3 is 11.9 Å². The molecule has 6 nitrogen and oxygen atoms in total. The lowest BCUT2D eigenvalue weighted by Crippen LogP contribution is -2.36. The Bertz CT molecular complexity index is 476. The topological polar surface area (TPSA) is 79.7 Å². The normalized spacial score (nSPS) is 11.8. The van der Waals surface area contributed by atoms with E-state index in [2.05, 4.69) is 4.98 Å². The number of aromatic nitrogens is 1. The smallest absolute Gasteiger partial charge is 0.341 e. The van der Waals surface area contributed by atoms with E-state index in [9.17, 15) is 9.59 Å². The van der Waals surface area contributed by atoms with E-state index in [0.717, 1.165) is 0 Å². The number of carboxylic acid groups (broad SMARTS) is 1. The van der Waals surface area contributed by atoms with Crippen molar-refractivity contribution in [3.05, 3.63) is 23.9 Å². The molecule has 0 radical (unpaired) electrons. The fourth-order valence-electron chi connectivity index (χ4n) is 2.03. The van der Waals surface area contributed by atoms with Crippen molar-refractivity contribution in [1.82, 2.24) is 4.98 Å². The number of anilines is 1. The zero-order valence-corrected chi connectivity index (χ0v) is 12.0. The number of nitrogens with zero attached hydrogens (tertiary/aromatic N) is 2. The molecule has 0 amide bonds. The quantitative estimate of drug-likeness (QED) is 0.769. The molecule has 0 aliphatic carbocycles. The molecule has 0 spiro atoms. The van der Waals surface area contributed by atoms with Crippen LogP contribution in [0.3, 0.4) is 0 Å². The Morgan fingerprint density at radius 1 is 1.45 bits per heavy atom. The lowest BCUT2D eigenvalue weighted by molar-refractivity contribution is -0.137. The maximum atomic E-state index is 11.9. The number of aliphatic carboxylic acids is 1. The third kappa shape index (κ3) is 3.94. The molecule has 110 valence electrons. The van der Waals surface area contributed by atoms with Gasteiger partial charge in [0.2, 0.25) is 0 Å². The van der Waals surface area contributed by atoms with Crippen LogP contribution in [0, 0.1) is 0 Å². The number of pyridine rings is 1. The number of carbonyl (C=O) groups is 2. The molecule has 1 atom stereocenters. The molecule has 6 heteroatoms. The Morgan fingerprint density at radius 2 is 2.15 bits per heavy atom. The van der Waals surface area contributed by atoms with Gasteiger partial charge in [0.25, 0.3) is 0 Å². The van der Waals surface area contributed by atoms with Crippen molar-refractivity contribution in [2.75, 3.05) is 18.1 Å². The molecule has 0 saturated heterocycles.